The van der Waals surface area contributed by atoms with Crippen LogP contribution in [0.2, 0.25) is 10.0 Å². The number of halogens is 2. The quantitative estimate of drug-likeness (QED) is 0.444. The minimum atomic E-state index is -3.94. The number of nitrogens with zero attached hydrogens (tertiary/aromatic N) is 1. The molecule has 0 fully saturated rings. The van der Waals surface area contributed by atoms with E-state index >= 15 is 0 Å². The van der Waals surface area contributed by atoms with Crippen molar-refractivity contribution < 1.29 is 13.2 Å². The molecule has 0 amide bonds. The zero-order chi connectivity index (χ0) is 20.9. The molecule has 3 aromatic rings. The van der Waals surface area contributed by atoms with Gasteiger partial charge in [0.15, 0.2) is 0 Å². The lowest BCUT2D eigenvalue weighted by Gasteiger charge is -2.11. The van der Waals surface area contributed by atoms with Gasteiger partial charge in [-0.3, -0.25) is 0 Å². The SMILES string of the molecule is N#C/C(=C\c1ccccc1OCc1ccc(Cl)cc1Cl)S(=O)(=O)c1ccccc1. The number of hydrogen-bond donors (Lipinski definition) is 0. The predicted molar refractivity (Wildman–Crippen MR) is 114 cm³/mol. The molecule has 7 heteroatoms. The molecule has 3 rings (SSSR count). The highest BCUT2D eigenvalue weighted by atomic mass is 35.5. The summed E-state index contributed by atoms with van der Waals surface area (Å²) in [6.07, 6.45) is 1.31. The van der Waals surface area contributed by atoms with Gasteiger partial charge in [0.05, 0.1) is 4.90 Å². The van der Waals surface area contributed by atoms with E-state index in [2.05, 4.69) is 0 Å². The molecular weight excluding hydrogens is 429 g/mol. The van der Waals surface area contributed by atoms with E-state index in [1.807, 2.05) is 0 Å². The number of para-hydroxylation sites is 1. The highest BCUT2D eigenvalue weighted by Crippen LogP contribution is 2.28. The number of nitriles is 1. The molecule has 0 N–H and O–H groups in total. The van der Waals surface area contributed by atoms with E-state index in [1.54, 1.807) is 66.7 Å². The molecule has 0 aliphatic rings. The van der Waals surface area contributed by atoms with E-state index in [9.17, 15) is 13.7 Å². The summed E-state index contributed by atoms with van der Waals surface area (Å²) >= 11 is 12.1. The van der Waals surface area contributed by atoms with Crippen LogP contribution in [0.5, 0.6) is 5.75 Å². The summed E-state index contributed by atoms with van der Waals surface area (Å²) in [6, 6.07) is 21.5. The molecule has 0 saturated heterocycles. The van der Waals surface area contributed by atoms with Crippen molar-refractivity contribution in [1.29, 1.82) is 5.26 Å². The Morgan fingerprint density at radius 2 is 1.69 bits per heavy atom. The lowest BCUT2D eigenvalue weighted by molar-refractivity contribution is 0.305. The van der Waals surface area contributed by atoms with Crippen molar-refractivity contribution >= 4 is 39.1 Å². The Balaban J connectivity index is 1.92. The van der Waals surface area contributed by atoms with E-state index < -0.39 is 9.84 Å². The lowest BCUT2D eigenvalue weighted by atomic mass is 10.2. The summed E-state index contributed by atoms with van der Waals surface area (Å²) in [5.41, 5.74) is 1.20. The van der Waals surface area contributed by atoms with Crippen molar-refractivity contribution in [2.45, 2.75) is 11.5 Å². The molecule has 0 aliphatic heterocycles. The molecule has 0 radical (unpaired) electrons. The van der Waals surface area contributed by atoms with Gasteiger partial charge >= 0.3 is 0 Å². The molecule has 29 heavy (non-hydrogen) atoms. The van der Waals surface area contributed by atoms with E-state index in [1.165, 1.54) is 18.2 Å². The molecule has 0 aromatic heterocycles. The fourth-order valence-electron chi connectivity index (χ4n) is 2.56. The highest BCUT2D eigenvalue weighted by Gasteiger charge is 2.21. The Morgan fingerprint density at radius 1 is 1.00 bits per heavy atom. The molecule has 3 aromatic carbocycles. The first kappa shape index (κ1) is 20.9. The second-order valence-corrected chi connectivity index (χ2v) is 8.76. The summed E-state index contributed by atoms with van der Waals surface area (Å²) in [6.45, 7) is 0.161. The van der Waals surface area contributed by atoms with Gasteiger partial charge in [-0.15, -0.1) is 0 Å². The average molecular weight is 444 g/mol. The van der Waals surface area contributed by atoms with Gasteiger partial charge in [0, 0.05) is 21.2 Å². The van der Waals surface area contributed by atoms with E-state index in [0.717, 1.165) is 5.56 Å². The zero-order valence-electron chi connectivity index (χ0n) is 15.0. The number of rotatable bonds is 6. The first-order valence-electron chi connectivity index (χ1n) is 8.49. The number of allylic oxidation sites excluding steroid dienone is 1. The van der Waals surface area contributed by atoms with Crippen LogP contribution in [0.15, 0.2) is 82.6 Å². The molecule has 0 atom stereocenters. The minimum absolute atomic E-state index is 0.0548. The van der Waals surface area contributed by atoms with Gasteiger partial charge < -0.3 is 4.74 Å². The van der Waals surface area contributed by atoms with Crippen LogP contribution >= 0.6 is 23.2 Å². The molecule has 0 saturated carbocycles. The van der Waals surface area contributed by atoms with Crippen LogP contribution in [0.25, 0.3) is 6.08 Å². The maximum absolute atomic E-state index is 12.8. The summed E-state index contributed by atoms with van der Waals surface area (Å²) in [5.74, 6) is 0.425. The predicted octanol–water partition coefficient (Wildman–Crippen LogP) is 5.91. The van der Waals surface area contributed by atoms with Crippen LogP contribution in [0.4, 0.5) is 0 Å². The van der Waals surface area contributed by atoms with Crippen molar-refractivity contribution in [2.24, 2.45) is 0 Å². The molecule has 0 aliphatic carbocycles. The standard InChI is InChI=1S/C22H15Cl2NO3S/c23-18-11-10-17(21(24)13-18)15-28-22-9-5-4-6-16(22)12-20(14-25)29(26,27)19-7-2-1-3-8-19/h1-13H,15H2/b20-12+. The molecule has 0 bridgehead atoms. The molecule has 4 nitrogen and oxygen atoms in total. The Bertz CT molecular complexity index is 1200. The highest BCUT2D eigenvalue weighted by molar-refractivity contribution is 7.95. The van der Waals surface area contributed by atoms with Crippen molar-refractivity contribution in [3.8, 4) is 11.8 Å². The van der Waals surface area contributed by atoms with Gasteiger partial charge in [-0.1, -0.05) is 65.7 Å². The molecule has 0 heterocycles. The summed E-state index contributed by atoms with van der Waals surface area (Å²) in [5, 5.41) is 10.5. The van der Waals surface area contributed by atoms with Crippen molar-refractivity contribution in [3.63, 3.8) is 0 Å². The zero-order valence-corrected chi connectivity index (χ0v) is 17.4. The van der Waals surface area contributed by atoms with Gasteiger partial charge in [-0.05, 0) is 36.4 Å². The van der Waals surface area contributed by atoms with Gasteiger partial charge in [0.2, 0.25) is 9.84 Å². The molecular formula is C22H15Cl2NO3S. The van der Waals surface area contributed by atoms with Crippen LogP contribution in [0.1, 0.15) is 11.1 Å². The lowest BCUT2D eigenvalue weighted by Crippen LogP contribution is -2.04. The Morgan fingerprint density at radius 3 is 2.38 bits per heavy atom. The fourth-order valence-corrected chi connectivity index (χ4v) is 4.20. The van der Waals surface area contributed by atoms with Gasteiger partial charge in [0.1, 0.15) is 23.3 Å². The van der Waals surface area contributed by atoms with Gasteiger partial charge in [-0.25, -0.2) is 8.42 Å². The molecule has 0 spiro atoms. The maximum Gasteiger partial charge on any atom is 0.216 e. The second kappa shape index (κ2) is 9.15. The van der Waals surface area contributed by atoms with Crippen LogP contribution in [-0.2, 0) is 16.4 Å². The first-order valence-corrected chi connectivity index (χ1v) is 10.7. The van der Waals surface area contributed by atoms with E-state index in [0.29, 0.717) is 21.4 Å². The van der Waals surface area contributed by atoms with Crippen molar-refractivity contribution in [2.75, 3.05) is 0 Å². The summed E-state index contributed by atoms with van der Waals surface area (Å²) in [4.78, 5) is -0.316. The molecule has 146 valence electrons. The number of hydrogen-bond acceptors (Lipinski definition) is 4. The smallest absolute Gasteiger partial charge is 0.216 e. The van der Waals surface area contributed by atoms with E-state index in [-0.39, 0.29) is 16.4 Å². The number of benzene rings is 3. The van der Waals surface area contributed by atoms with Crippen LogP contribution in [0, 0.1) is 11.3 Å². The monoisotopic (exact) mass is 443 g/mol. The molecule has 0 unspecified atom stereocenters. The largest absolute Gasteiger partial charge is 0.488 e. The Labute approximate surface area is 179 Å². The van der Waals surface area contributed by atoms with Gasteiger partial charge in [0.25, 0.3) is 0 Å². The summed E-state index contributed by atoms with van der Waals surface area (Å²) < 4.78 is 31.4. The maximum atomic E-state index is 12.8. The van der Waals surface area contributed by atoms with E-state index in [4.69, 9.17) is 27.9 Å². The van der Waals surface area contributed by atoms with Crippen LogP contribution < -0.4 is 4.74 Å². The average Bonchev–Trinajstić information content (AvgIpc) is 2.72. The van der Waals surface area contributed by atoms with Gasteiger partial charge in [-0.2, -0.15) is 5.26 Å². The third-order valence-electron chi connectivity index (χ3n) is 4.06. The topological polar surface area (TPSA) is 67.2 Å². The van der Waals surface area contributed by atoms with Crippen LogP contribution in [-0.4, -0.2) is 8.42 Å². The number of sulfone groups is 1. The fraction of sp³-hybridized carbons (Fsp3) is 0.0455. The first-order chi connectivity index (χ1) is 13.9. The normalized spacial score (nSPS) is 11.7. The number of ether oxygens (including phenoxy) is 1. The second-order valence-electron chi connectivity index (χ2n) is 6.00. The van der Waals surface area contributed by atoms with Crippen LogP contribution in [0.3, 0.4) is 0 Å². The Hall–Kier alpha value is -2.78. The van der Waals surface area contributed by atoms with Crippen molar-refractivity contribution in [3.05, 3.63) is 98.9 Å². The summed E-state index contributed by atoms with van der Waals surface area (Å²) in [7, 11) is -3.94. The van der Waals surface area contributed by atoms with Crippen molar-refractivity contribution in [1.82, 2.24) is 0 Å². The third-order valence-corrected chi connectivity index (χ3v) is 6.32. The third kappa shape index (κ3) is 4.99. The Kier molecular flexibility index (Phi) is 6.60. The minimum Gasteiger partial charge on any atom is -0.488 e.